The van der Waals surface area contributed by atoms with Crippen LogP contribution in [0.3, 0.4) is 0 Å². The molecule has 0 spiro atoms. The molecule has 2 N–H and O–H groups in total. The van der Waals surface area contributed by atoms with Crippen LogP contribution in [0.1, 0.15) is 11.5 Å². The lowest BCUT2D eigenvalue weighted by Crippen LogP contribution is -1.81. The fourth-order valence-corrected chi connectivity index (χ4v) is 1.90. The van der Waals surface area contributed by atoms with E-state index in [1.165, 1.54) is 0 Å². The van der Waals surface area contributed by atoms with Gasteiger partial charge >= 0.3 is 0 Å². The molecule has 0 aliphatic rings. The van der Waals surface area contributed by atoms with Gasteiger partial charge in [0, 0.05) is 11.8 Å². The summed E-state index contributed by atoms with van der Waals surface area (Å²) in [5.74, 6) is 2.22. The minimum absolute atomic E-state index is 0.569. The molecule has 0 amide bonds. The van der Waals surface area contributed by atoms with Crippen LogP contribution in [-0.2, 0) is 0 Å². The largest absolute Gasteiger partial charge is 0.466 e. The van der Waals surface area contributed by atoms with E-state index in [0.717, 1.165) is 22.6 Å². The molecule has 0 saturated heterocycles. The molecule has 0 radical (unpaired) electrons. The summed E-state index contributed by atoms with van der Waals surface area (Å²) >= 11 is 0. The molecule has 0 unspecified atom stereocenters. The van der Waals surface area contributed by atoms with Gasteiger partial charge in [-0.3, -0.25) is 0 Å². The Morgan fingerprint density at radius 2 is 1.94 bits per heavy atom. The van der Waals surface area contributed by atoms with Crippen LogP contribution < -0.4 is 5.73 Å². The number of fused-ring (bicyclic) bond motifs is 1. The van der Waals surface area contributed by atoms with Gasteiger partial charge in [-0.05, 0) is 32.0 Å². The number of aromatic nitrogens is 1. The molecule has 86 valence electrons. The number of hydrogen-bond acceptors (Lipinski definition) is 4. The lowest BCUT2D eigenvalue weighted by Gasteiger charge is -1.89. The Hall–Kier alpha value is -2.23. The highest BCUT2D eigenvalue weighted by Crippen LogP contribution is 2.29. The van der Waals surface area contributed by atoms with E-state index in [9.17, 15) is 0 Å². The first-order valence-corrected chi connectivity index (χ1v) is 5.37. The van der Waals surface area contributed by atoms with Crippen molar-refractivity contribution >= 4 is 16.8 Å². The van der Waals surface area contributed by atoms with Gasteiger partial charge in [0.25, 0.3) is 0 Å². The van der Waals surface area contributed by atoms with E-state index in [1.807, 2.05) is 32.0 Å². The van der Waals surface area contributed by atoms with Crippen LogP contribution in [0.2, 0.25) is 0 Å². The first kappa shape index (κ1) is 9.96. The highest BCUT2D eigenvalue weighted by atomic mass is 16.4. The monoisotopic (exact) mass is 228 g/mol. The zero-order valence-electron chi connectivity index (χ0n) is 9.65. The summed E-state index contributed by atoms with van der Waals surface area (Å²) in [4.78, 5) is 4.42. The maximum atomic E-state index is 5.70. The van der Waals surface area contributed by atoms with E-state index >= 15 is 0 Å². The number of oxazole rings is 1. The Morgan fingerprint density at radius 1 is 1.12 bits per heavy atom. The molecule has 0 bridgehead atoms. The lowest BCUT2D eigenvalue weighted by molar-refractivity contribution is 0.503. The summed E-state index contributed by atoms with van der Waals surface area (Å²) < 4.78 is 11.1. The minimum atomic E-state index is 0.569. The van der Waals surface area contributed by atoms with Crippen molar-refractivity contribution in [1.29, 1.82) is 0 Å². The maximum absolute atomic E-state index is 5.70. The van der Waals surface area contributed by atoms with E-state index in [0.29, 0.717) is 17.2 Å². The van der Waals surface area contributed by atoms with Crippen LogP contribution in [0.4, 0.5) is 5.69 Å². The predicted octanol–water partition coefficient (Wildman–Crippen LogP) is 3.29. The first-order valence-electron chi connectivity index (χ1n) is 5.37. The minimum Gasteiger partial charge on any atom is -0.466 e. The topological polar surface area (TPSA) is 65.2 Å². The van der Waals surface area contributed by atoms with Crippen molar-refractivity contribution in [2.45, 2.75) is 13.8 Å². The maximum Gasteiger partial charge on any atom is 0.230 e. The molecule has 1 aromatic carbocycles. The lowest BCUT2D eigenvalue weighted by atomic mass is 10.2. The Kier molecular flexibility index (Phi) is 1.98. The average Bonchev–Trinajstić information content (AvgIpc) is 2.80. The van der Waals surface area contributed by atoms with Crippen molar-refractivity contribution in [3.8, 4) is 11.5 Å². The number of nitrogen functional groups attached to an aromatic ring is 1. The van der Waals surface area contributed by atoms with Crippen molar-refractivity contribution in [2.75, 3.05) is 5.73 Å². The fourth-order valence-electron chi connectivity index (χ4n) is 1.90. The summed E-state index contributed by atoms with van der Waals surface area (Å²) in [6.45, 7) is 3.79. The fraction of sp³-hybridized carbons (Fsp3) is 0.154. The second-order valence-electron chi connectivity index (χ2n) is 4.07. The van der Waals surface area contributed by atoms with Gasteiger partial charge in [0.1, 0.15) is 17.0 Å². The Labute approximate surface area is 98.0 Å². The third kappa shape index (κ3) is 1.58. The van der Waals surface area contributed by atoms with Crippen LogP contribution >= 0.6 is 0 Å². The molecule has 3 aromatic rings. The van der Waals surface area contributed by atoms with E-state index in [-0.39, 0.29) is 0 Å². The van der Waals surface area contributed by atoms with Crippen molar-refractivity contribution in [3.05, 3.63) is 35.8 Å². The molecule has 3 rings (SSSR count). The molecule has 0 atom stereocenters. The number of rotatable bonds is 1. The van der Waals surface area contributed by atoms with Crippen LogP contribution in [0.5, 0.6) is 0 Å². The molecule has 4 nitrogen and oxygen atoms in total. The van der Waals surface area contributed by atoms with Crippen LogP contribution in [-0.4, -0.2) is 4.98 Å². The van der Waals surface area contributed by atoms with Gasteiger partial charge in [-0.25, -0.2) is 4.98 Å². The molecule has 2 heterocycles. The smallest absolute Gasteiger partial charge is 0.230 e. The van der Waals surface area contributed by atoms with E-state index in [1.54, 1.807) is 6.07 Å². The molecule has 0 aliphatic carbocycles. The summed E-state index contributed by atoms with van der Waals surface area (Å²) in [6, 6.07) is 7.35. The Bertz CT molecular complexity index is 695. The standard InChI is InChI=1S/C13H12N2O2/c1-7-5-10(8(2)16-7)13-15-11-4-3-9(14)6-12(11)17-13/h3-6H,14H2,1-2H3. The second-order valence-corrected chi connectivity index (χ2v) is 4.07. The molecule has 0 aliphatic heterocycles. The number of nitrogens with zero attached hydrogens (tertiary/aromatic N) is 1. The third-order valence-corrected chi connectivity index (χ3v) is 2.68. The number of aryl methyl sites for hydroxylation is 2. The molecular weight excluding hydrogens is 216 g/mol. The van der Waals surface area contributed by atoms with Crippen molar-refractivity contribution in [3.63, 3.8) is 0 Å². The molecule has 17 heavy (non-hydrogen) atoms. The zero-order chi connectivity index (χ0) is 12.0. The van der Waals surface area contributed by atoms with Crippen molar-refractivity contribution in [1.82, 2.24) is 4.98 Å². The van der Waals surface area contributed by atoms with Gasteiger partial charge in [-0.15, -0.1) is 0 Å². The summed E-state index contributed by atoms with van der Waals surface area (Å²) in [6.07, 6.45) is 0. The first-order chi connectivity index (χ1) is 8.13. The molecular formula is C13H12N2O2. The molecule has 4 heteroatoms. The summed E-state index contributed by atoms with van der Waals surface area (Å²) in [5, 5.41) is 0. The van der Waals surface area contributed by atoms with E-state index in [4.69, 9.17) is 14.6 Å². The quantitative estimate of drug-likeness (QED) is 0.649. The SMILES string of the molecule is Cc1cc(-c2nc3ccc(N)cc3o2)c(C)o1. The second kappa shape index (κ2) is 3.38. The van der Waals surface area contributed by atoms with Crippen LogP contribution in [0.25, 0.3) is 22.6 Å². The zero-order valence-corrected chi connectivity index (χ0v) is 9.65. The van der Waals surface area contributed by atoms with Gasteiger partial charge in [-0.1, -0.05) is 0 Å². The van der Waals surface area contributed by atoms with Gasteiger partial charge in [0.05, 0.1) is 5.56 Å². The van der Waals surface area contributed by atoms with Crippen molar-refractivity contribution in [2.24, 2.45) is 0 Å². The predicted molar refractivity (Wildman–Crippen MR) is 65.6 cm³/mol. The normalized spacial score (nSPS) is 11.2. The number of nitrogens with two attached hydrogens (primary N) is 1. The van der Waals surface area contributed by atoms with Crippen molar-refractivity contribution < 1.29 is 8.83 Å². The van der Waals surface area contributed by atoms with Gasteiger partial charge in [0.15, 0.2) is 5.58 Å². The molecule has 0 fully saturated rings. The summed E-state index contributed by atoms with van der Waals surface area (Å²) in [7, 11) is 0. The van der Waals surface area contributed by atoms with Crippen LogP contribution in [0, 0.1) is 13.8 Å². The summed E-state index contributed by atoms with van der Waals surface area (Å²) in [5.41, 5.74) is 8.74. The Balaban J connectivity index is 2.21. The van der Waals surface area contributed by atoms with E-state index < -0.39 is 0 Å². The average molecular weight is 228 g/mol. The van der Waals surface area contributed by atoms with Gasteiger partial charge in [-0.2, -0.15) is 0 Å². The molecule has 2 aromatic heterocycles. The number of anilines is 1. The number of hydrogen-bond donors (Lipinski definition) is 1. The van der Waals surface area contributed by atoms with Crippen LogP contribution in [0.15, 0.2) is 33.1 Å². The highest BCUT2D eigenvalue weighted by molar-refractivity contribution is 5.79. The number of benzene rings is 1. The van der Waals surface area contributed by atoms with Gasteiger partial charge in [0.2, 0.25) is 5.89 Å². The Morgan fingerprint density at radius 3 is 2.65 bits per heavy atom. The third-order valence-electron chi connectivity index (χ3n) is 2.68. The molecule has 0 saturated carbocycles. The highest BCUT2D eigenvalue weighted by Gasteiger charge is 2.14. The van der Waals surface area contributed by atoms with Gasteiger partial charge < -0.3 is 14.6 Å². The number of furan rings is 1. The van der Waals surface area contributed by atoms with E-state index in [2.05, 4.69) is 4.98 Å².